The predicted molar refractivity (Wildman–Crippen MR) is 89.9 cm³/mol. The second-order valence-electron chi connectivity index (χ2n) is 10.0. The van der Waals surface area contributed by atoms with Gasteiger partial charge in [-0.3, -0.25) is 4.79 Å². The molecule has 0 saturated heterocycles. The van der Waals surface area contributed by atoms with Gasteiger partial charge in [-0.1, -0.05) is 13.8 Å². The average Bonchev–Trinajstić information content (AvgIpc) is 3.25. The molecule has 0 bridgehead atoms. The van der Waals surface area contributed by atoms with Crippen LogP contribution < -0.4 is 0 Å². The molecule has 5 aliphatic rings. The van der Waals surface area contributed by atoms with Gasteiger partial charge in [0, 0.05) is 18.9 Å². The van der Waals surface area contributed by atoms with Gasteiger partial charge in [-0.25, -0.2) is 0 Å². The van der Waals surface area contributed by atoms with Crippen molar-refractivity contribution in [2.45, 2.75) is 71.3 Å². The Morgan fingerprint density at radius 2 is 1.87 bits per heavy atom. The highest BCUT2D eigenvalue weighted by molar-refractivity contribution is 5.87. The first-order valence-corrected chi connectivity index (χ1v) is 10.0. The third-order valence-corrected chi connectivity index (χ3v) is 9.41. The minimum atomic E-state index is -0.0815. The second-order valence-corrected chi connectivity index (χ2v) is 10.0. The van der Waals surface area contributed by atoms with Crippen LogP contribution in [0.3, 0.4) is 0 Å². The predicted octanol–water partition coefficient (Wildman–Crippen LogP) is 4.47. The maximum Gasteiger partial charge on any atom is 0.139 e. The van der Waals surface area contributed by atoms with Gasteiger partial charge in [0.2, 0.25) is 0 Å². The number of Topliss-reactive ketones (excluding diaryl/α,β-unsaturated/α-hetero) is 1. The summed E-state index contributed by atoms with van der Waals surface area (Å²) in [6.45, 7) is 4.87. The number of methoxy groups -OCH3 is 1. The number of carbonyl (C=O) groups excluding carboxylic acids is 1. The summed E-state index contributed by atoms with van der Waals surface area (Å²) < 4.78 is 6.09. The van der Waals surface area contributed by atoms with Crippen molar-refractivity contribution in [3.63, 3.8) is 0 Å². The Morgan fingerprint density at radius 3 is 2.65 bits per heavy atom. The van der Waals surface area contributed by atoms with E-state index in [-0.39, 0.29) is 5.41 Å². The van der Waals surface area contributed by atoms with Crippen molar-refractivity contribution in [1.29, 1.82) is 0 Å². The number of hydrogen-bond acceptors (Lipinski definition) is 2. The van der Waals surface area contributed by atoms with E-state index in [1.54, 1.807) is 0 Å². The molecule has 23 heavy (non-hydrogen) atoms. The molecule has 5 rings (SSSR count). The molecule has 5 fully saturated rings. The lowest BCUT2D eigenvalue weighted by Crippen LogP contribution is -2.59. The number of ketones is 1. The molecule has 2 nitrogen and oxygen atoms in total. The van der Waals surface area contributed by atoms with Crippen molar-refractivity contribution in [3.05, 3.63) is 0 Å². The number of rotatable bonds is 1. The lowest BCUT2D eigenvalue weighted by atomic mass is 9.44. The van der Waals surface area contributed by atoms with Gasteiger partial charge in [0.05, 0.1) is 6.10 Å². The summed E-state index contributed by atoms with van der Waals surface area (Å²) in [4.78, 5) is 12.6. The van der Waals surface area contributed by atoms with Crippen LogP contribution in [0, 0.1) is 46.3 Å². The average molecular weight is 316 g/mol. The summed E-state index contributed by atoms with van der Waals surface area (Å²) in [6, 6.07) is 0. The highest BCUT2D eigenvalue weighted by Gasteiger charge is 2.66. The zero-order chi connectivity index (χ0) is 16.0. The third-order valence-electron chi connectivity index (χ3n) is 9.41. The van der Waals surface area contributed by atoms with Gasteiger partial charge in [-0.05, 0) is 85.9 Å². The molecule has 5 aliphatic carbocycles. The molecule has 0 radical (unpaired) electrons. The lowest BCUT2D eigenvalue weighted by molar-refractivity contribution is -0.177. The minimum absolute atomic E-state index is 0.0815. The highest BCUT2D eigenvalue weighted by Crippen LogP contribution is 2.70. The van der Waals surface area contributed by atoms with E-state index in [1.807, 2.05) is 7.11 Å². The van der Waals surface area contributed by atoms with Gasteiger partial charge in [0.15, 0.2) is 0 Å². The highest BCUT2D eigenvalue weighted by atomic mass is 16.5. The van der Waals surface area contributed by atoms with E-state index in [9.17, 15) is 4.79 Å². The van der Waals surface area contributed by atoms with Gasteiger partial charge < -0.3 is 4.74 Å². The van der Waals surface area contributed by atoms with E-state index in [4.69, 9.17) is 4.74 Å². The van der Waals surface area contributed by atoms with Crippen molar-refractivity contribution in [2.75, 3.05) is 7.11 Å². The molecule has 0 aromatic carbocycles. The Bertz CT molecular complexity index is 542. The van der Waals surface area contributed by atoms with E-state index in [0.717, 1.165) is 42.9 Å². The molecular weight excluding hydrogens is 284 g/mol. The molecule has 9 atom stereocenters. The Morgan fingerprint density at radius 1 is 1.04 bits per heavy atom. The first-order chi connectivity index (χ1) is 11.0. The van der Waals surface area contributed by atoms with Crippen molar-refractivity contribution in [2.24, 2.45) is 46.3 Å². The van der Waals surface area contributed by atoms with Gasteiger partial charge in [-0.15, -0.1) is 0 Å². The van der Waals surface area contributed by atoms with Gasteiger partial charge in [-0.2, -0.15) is 0 Å². The molecule has 1 unspecified atom stereocenters. The fraction of sp³-hybridized carbons (Fsp3) is 0.952. The van der Waals surface area contributed by atoms with E-state index >= 15 is 0 Å². The van der Waals surface area contributed by atoms with E-state index in [0.29, 0.717) is 29.1 Å². The summed E-state index contributed by atoms with van der Waals surface area (Å²) in [6.07, 6.45) is 10.4. The Balaban J connectivity index is 1.55. The van der Waals surface area contributed by atoms with Crippen LogP contribution in [0.15, 0.2) is 0 Å². The van der Waals surface area contributed by atoms with Crippen LogP contribution >= 0.6 is 0 Å². The van der Waals surface area contributed by atoms with Gasteiger partial charge in [0.1, 0.15) is 5.78 Å². The van der Waals surface area contributed by atoms with Crippen LogP contribution in [-0.2, 0) is 9.53 Å². The van der Waals surface area contributed by atoms with Crippen LogP contribution in [0.2, 0.25) is 0 Å². The fourth-order valence-electron chi connectivity index (χ4n) is 8.24. The van der Waals surface area contributed by atoms with Gasteiger partial charge >= 0.3 is 0 Å². The maximum absolute atomic E-state index is 12.6. The number of hydrogen-bond donors (Lipinski definition) is 0. The zero-order valence-electron chi connectivity index (χ0n) is 15.0. The molecular formula is C21H32O2. The first kappa shape index (κ1) is 14.9. The maximum atomic E-state index is 12.6. The van der Waals surface area contributed by atoms with Crippen LogP contribution in [0.25, 0.3) is 0 Å². The Labute approximate surface area is 140 Å². The fourth-order valence-corrected chi connectivity index (χ4v) is 8.24. The summed E-state index contributed by atoms with van der Waals surface area (Å²) in [5, 5.41) is 0. The molecule has 2 heteroatoms. The summed E-state index contributed by atoms with van der Waals surface area (Å²) >= 11 is 0. The summed E-state index contributed by atoms with van der Waals surface area (Å²) in [5.41, 5.74) is 0.399. The summed E-state index contributed by atoms with van der Waals surface area (Å²) in [7, 11) is 1.90. The zero-order valence-corrected chi connectivity index (χ0v) is 15.0. The molecule has 0 aliphatic heterocycles. The number of fused-ring (bicyclic) bond motifs is 7. The monoisotopic (exact) mass is 316 g/mol. The first-order valence-electron chi connectivity index (χ1n) is 10.0. The standard InChI is InChI=1S/C21H32O2/c1-20-9-8-12-10-14(12)16(20)5-4-13-15-6-7-18(22)21(15,2)11-17(23-3)19(13)20/h12-17,19H,4-11H2,1-3H3/t12-,13-,14?,15-,16-,17-,19+,20-,21-/m0/s1. The third kappa shape index (κ3) is 1.77. The van der Waals surface area contributed by atoms with Crippen LogP contribution in [0.5, 0.6) is 0 Å². The second kappa shape index (κ2) is 4.62. The minimum Gasteiger partial charge on any atom is -0.381 e. The van der Waals surface area contributed by atoms with Crippen LogP contribution in [-0.4, -0.2) is 19.0 Å². The molecule has 0 spiro atoms. The number of carbonyl (C=O) groups is 1. The molecule has 128 valence electrons. The van der Waals surface area contributed by atoms with Crippen molar-refractivity contribution < 1.29 is 9.53 Å². The lowest BCUT2D eigenvalue weighted by Gasteiger charge is -2.61. The largest absolute Gasteiger partial charge is 0.381 e. The SMILES string of the molecule is CO[C@H]1C[C@]2(C)C(=O)CC[C@H]2[C@@H]2CC[C@H]3C4C[C@@H]4CC[C@]3(C)[C@H]21. The van der Waals surface area contributed by atoms with Crippen LogP contribution in [0.4, 0.5) is 0 Å². The smallest absolute Gasteiger partial charge is 0.139 e. The summed E-state index contributed by atoms with van der Waals surface area (Å²) in [5.74, 6) is 5.65. The van der Waals surface area contributed by atoms with E-state index < -0.39 is 0 Å². The molecule has 5 saturated carbocycles. The quantitative estimate of drug-likeness (QED) is 0.713. The van der Waals surface area contributed by atoms with Crippen LogP contribution in [0.1, 0.15) is 65.2 Å². The Kier molecular flexibility index (Phi) is 3.00. The van der Waals surface area contributed by atoms with Crippen molar-refractivity contribution in [1.82, 2.24) is 0 Å². The Hall–Kier alpha value is -0.370. The molecule has 0 aromatic rings. The van der Waals surface area contributed by atoms with Crippen molar-refractivity contribution in [3.8, 4) is 0 Å². The topological polar surface area (TPSA) is 26.3 Å². The van der Waals surface area contributed by atoms with E-state index in [2.05, 4.69) is 13.8 Å². The normalized spacial score (nSPS) is 60.5. The molecule has 0 heterocycles. The molecule has 0 N–H and O–H groups in total. The molecule has 0 amide bonds. The number of ether oxygens (including phenoxy) is 1. The molecule has 0 aromatic heterocycles. The van der Waals surface area contributed by atoms with Gasteiger partial charge in [0.25, 0.3) is 0 Å². The van der Waals surface area contributed by atoms with Crippen molar-refractivity contribution >= 4 is 5.78 Å². The van der Waals surface area contributed by atoms with E-state index in [1.165, 1.54) is 32.1 Å².